The van der Waals surface area contributed by atoms with Crippen LogP contribution in [-0.4, -0.2) is 5.38 Å². The first-order chi connectivity index (χ1) is 8.16. The van der Waals surface area contributed by atoms with Gasteiger partial charge >= 0.3 is 0 Å². The molecule has 0 nitrogen and oxygen atoms in total. The number of rotatable bonds is 11. The normalized spacial score (nSPS) is 13.9. The van der Waals surface area contributed by atoms with Crippen LogP contribution in [0.3, 0.4) is 0 Å². The smallest absolute Gasteiger partial charge is 0.0392 e. The van der Waals surface area contributed by atoms with Crippen LogP contribution in [0.4, 0.5) is 0 Å². The van der Waals surface area contributed by atoms with Gasteiger partial charge in [0.25, 0.3) is 0 Å². The zero-order valence-electron chi connectivity index (χ0n) is 12.5. The topological polar surface area (TPSA) is 0 Å². The van der Waals surface area contributed by atoms with Crippen molar-refractivity contribution in [3.63, 3.8) is 0 Å². The average Bonchev–Trinajstić information content (AvgIpc) is 2.36. The van der Waals surface area contributed by atoms with Crippen molar-refractivity contribution >= 4 is 11.6 Å². The lowest BCUT2D eigenvalue weighted by Crippen LogP contribution is -2.29. The number of hydrogen-bond acceptors (Lipinski definition) is 0. The summed E-state index contributed by atoms with van der Waals surface area (Å²) in [6, 6.07) is 0. The molecule has 0 aliphatic rings. The lowest BCUT2D eigenvalue weighted by atomic mass is 9.75. The first-order valence-corrected chi connectivity index (χ1v) is 8.24. The molecule has 104 valence electrons. The molecule has 0 N–H and O–H groups in total. The van der Waals surface area contributed by atoms with Crippen LogP contribution in [0.25, 0.3) is 0 Å². The Kier molecular flexibility index (Phi) is 10.4. The summed E-state index contributed by atoms with van der Waals surface area (Å²) in [6.07, 6.45) is 13.1. The van der Waals surface area contributed by atoms with E-state index in [0.29, 0.717) is 10.8 Å². The molecule has 0 aromatic carbocycles. The number of alkyl halides is 1. The molecule has 0 amide bonds. The summed E-state index contributed by atoms with van der Waals surface area (Å²) in [7, 11) is 0. The molecule has 1 heteroatoms. The molecular formula is C16H33Cl. The van der Waals surface area contributed by atoms with Crippen molar-refractivity contribution in [3.05, 3.63) is 0 Å². The van der Waals surface area contributed by atoms with Crippen LogP contribution in [-0.2, 0) is 0 Å². The highest BCUT2D eigenvalue weighted by molar-refractivity contribution is 6.21. The molecule has 0 aliphatic carbocycles. The van der Waals surface area contributed by atoms with Gasteiger partial charge in [-0.15, -0.1) is 11.6 Å². The van der Waals surface area contributed by atoms with Crippen molar-refractivity contribution in [1.29, 1.82) is 0 Å². The molecular weight excluding hydrogens is 228 g/mol. The standard InChI is InChI=1S/C16H33Cl/c1-5-9-10-11-12-13-14-15(17)16(6-2,7-3)8-4/h15H,5-14H2,1-4H3. The quantitative estimate of drug-likeness (QED) is 0.291. The van der Waals surface area contributed by atoms with Gasteiger partial charge in [-0.25, -0.2) is 0 Å². The van der Waals surface area contributed by atoms with E-state index < -0.39 is 0 Å². The molecule has 0 aliphatic heterocycles. The van der Waals surface area contributed by atoms with E-state index in [0.717, 1.165) is 0 Å². The summed E-state index contributed by atoms with van der Waals surface area (Å²) in [5, 5.41) is 0.383. The van der Waals surface area contributed by atoms with Gasteiger partial charge in [-0.1, -0.05) is 66.2 Å². The minimum atomic E-state index is 0.383. The molecule has 17 heavy (non-hydrogen) atoms. The van der Waals surface area contributed by atoms with Gasteiger partial charge in [-0.05, 0) is 31.1 Å². The Morgan fingerprint density at radius 1 is 0.765 bits per heavy atom. The highest BCUT2D eigenvalue weighted by Crippen LogP contribution is 2.39. The van der Waals surface area contributed by atoms with E-state index in [-0.39, 0.29) is 0 Å². The molecule has 0 aromatic heterocycles. The average molecular weight is 261 g/mol. The number of unbranched alkanes of at least 4 members (excludes halogenated alkanes) is 5. The summed E-state index contributed by atoms with van der Waals surface area (Å²) in [5.74, 6) is 0. The van der Waals surface area contributed by atoms with Crippen LogP contribution in [0.15, 0.2) is 0 Å². The van der Waals surface area contributed by atoms with Crippen LogP contribution in [0.1, 0.15) is 91.9 Å². The maximum Gasteiger partial charge on any atom is 0.0392 e. The zero-order valence-corrected chi connectivity index (χ0v) is 13.3. The Morgan fingerprint density at radius 3 is 1.71 bits per heavy atom. The van der Waals surface area contributed by atoms with E-state index in [1.54, 1.807) is 0 Å². The fourth-order valence-electron chi connectivity index (χ4n) is 2.82. The summed E-state index contributed by atoms with van der Waals surface area (Å²) < 4.78 is 0. The van der Waals surface area contributed by atoms with Gasteiger partial charge in [0.2, 0.25) is 0 Å². The van der Waals surface area contributed by atoms with Crippen LogP contribution >= 0.6 is 11.6 Å². The molecule has 0 bridgehead atoms. The molecule has 1 atom stereocenters. The first kappa shape index (κ1) is 17.3. The third-order valence-electron chi connectivity index (χ3n) is 4.59. The second kappa shape index (κ2) is 10.2. The molecule has 0 fully saturated rings. The maximum absolute atomic E-state index is 6.64. The van der Waals surface area contributed by atoms with Crippen molar-refractivity contribution in [2.24, 2.45) is 5.41 Å². The largest absolute Gasteiger partial charge is 0.122 e. The van der Waals surface area contributed by atoms with Gasteiger partial charge in [0.15, 0.2) is 0 Å². The van der Waals surface area contributed by atoms with E-state index in [1.807, 2.05) is 0 Å². The summed E-state index contributed by atoms with van der Waals surface area (Å²) in [4.78, 5) is 0. The molecule has 0 radical (unpaired) electrons. The van der Waals surface area contributed by atoms with Crippen molar-refractivity contribution in [1.82, 2.24) is 0 Å². The first-order valence-electron chi connectivity index (χ1n) is 7.80. The molecule has 0 saturated heterocycles. The SMILES string of the molecule is CCCCCCCCC(Cl)C(CC)(CC)CC. The van der Waals surface area contributed by atoms with Crippen molar-refractivity contribution in [2.45, 2.75) is 97.3 Å². The summed E-state index contributed by atoms with van der Waals surface area (Å²) in [6.45, 7) is 9.16. The Bertz CT molecular complexity index is 153. The van der Waals surface area contributed by atoms with E-state index in [4.69, 9.17) is 11.6 Å². The molecule has 0 aromatic rings. The van der Waals surface area contributed by atoms with E-state index in [9.17, 15) is 0 Å². The Hall–Kier alpha value is 0.290. The summed E-state index contributed by atoms with van der Waals surface area (Å²) in [5.41, 5.74) is 0.394. The van der Waals surface area contributed by atoms with Crippen LogP contribution in [0.2, 0.25) is 0 Å². The second-order valence-electron chi connectivity index (χ2n) is 5.45. The fraction of sp³-hybridized carbons (Fsp3) is 1.00. The second-order valence-corrected chi connectivity index (χ2v) is 5.97. The van der Waals surface area contributed by atoms with Crippen molar-refractivity contribution in [3.8, 4) is 0 Å². The monoisotopic (exact) mass is 260 g/mol. The van der Waals surface area contributed by atoms with Gasteiger partial charge in [0.1, 0.15) is 0 Å². The molecule has 0 rings (SSSR count). The number of hydrogen-bond donors (Lipinski definition) is 0. The van der Waals surface area contributed by atoms with Gasteiger partial charge < -0.3 is 0 Å². The predicted molar refractivity (Wildman–Crippen MR) is 80.9 cm³/mol. The van der Waals surface area contributed by atoms with Crippen molar-refractivity contribution in [2.75, 3.05) is 0 Å². The maximum atomic E-state index is 6.64. The highest BCUT2D eigenvalue weighted by Gasteiger charge is 2.31. The lowest BCUT2D eigenvalue weighted by Gasteiger charge is -2.35. The van der Waals surface area contributed by atoms with E-state index in [1.165, 1.54) is 64.2 Å². The Morgan fingerprint density at radius 2 is 1.24 bits per heavy atom. The van der Waals surface area contributed by atoms with Crippen LogP contribution in [0.5, 0.6) is 0 Å². The minimum Gasteiger partial charge on any atom is -0.122 e. The number of halogens is 1. The third-order valence-corrected chi connectivity index (χ3v) is 5.27. The van der Waals surface area contributed by atoms with E-state index >= 15 is 0 Å². The van der Waals surface area contributed by atoms with Crippen molar-refractivity contribution < 1.29 is 0 Å². The van der Waals surface area contributed by atoms with Gasteiger partial charge in [-0.2, -0.15) is 0 Å². The molecule has 1 unspecified atom stereocenters. The lowest BCUT2D eigenvalue weighted by molar-refractivity contribution is 0.226. The molecule has 0 spiro atoms. The fourth-order valence-corrected chi connectivity index (χ4v) is 3.44. The predicted octanol–water partition coefficient (Wildman–Crippen LogP) is 6.56. The zero-order chi connectivity index (χ0) is 13.1. The summed E-state index contributed by atoms with van der Waals surface area (Å²) >= 11 is 6.64. The molecule has 0 heterocycles. The van der Waals surface area contributed by atoms with Crippen LogP contribution in [0, 0.1) is 5.41 Å². The van der Waals surface area contributed by atoms with Crippen LogP contribution < -0.4 is 0 Å². The van der Waals surface area contributed by atoms with Gasteiger partial charge in [0, 0.05) is 5.38 Å². The Labute approximate surface area is 115 Å². The molecule has 0 saturated carbocycles. The highest BCUT2D eigenvalue weighted by atomic mass is 35.5. The minimum absolute atomic E-state index is 0.383. The third kappa shape index (κ3) is 6.13. The van der Waals surface area contributed by atoms with Gasteiger partial charge in [0.05, 0.1) is 0 Å². The Balaban J connectivity index is 3.79. The van der Waals surface area contributed by atoms with E-state index in [2.05, 4.69) is 27.7 Å². The van der Waals surface area contributed by atoms with Gasteiger partial charge in [-0.3, -0.25) is 0 Å².